The molecule has 0 unspecified atom stereocenters. The molecule has 3 rings (SSSR count). The minimum atomic E-state index is -1.40. The molecule has 27 heavy (non-hydrogen) atoms. The third-order valence-corrected chi connectivity index (χ3v) is 4.96. The lowest BCUT2D eigenvalue weighted by Crippen LogP contribution is -2.34. The minimum absolute atomic E-state index is 0.0406. The quantitative estimate of drug-likeness (QED) is 0.839. The summed E-state index contributed by atoms with van der Waals surface area (Å²) in [6, 6.07) is 8.68. The first-order valence-corrected chi connectivity index (χ1v) is 8.97. The van der Waals surface area contributed by atoms with Gasteiger partial charge >= 0.3 is 0 Å². The van der Waals surface area contributed by atoms with Gasteiger partial charge in [0.2, 0.25) is 0 Å². The van der Waals surface area contributed by atoms with Gasteiger partial charge in [-0.1, -0.05) is 11.8 Å². The molecule has 2 aromatic rings. The Morgan fingerprint density at radius 1 is 1.41 bits per heavy atom. The maximum absolute atomic E-state index is 14.4. The molecule has 1 aliphatic rings. The number of hydrogen-bond donors (Lipinski definition) is 2. The lowest BCUT2D eigenvalue weighted by atomic mass is 9.88. The Morgan fingerprint density at radius 3 is 2.85 bits per heavy atom. The average molecular weight is 387 g/mol. The zero-order valence-corrected chi connectivity index (χ0v) is 14.9. The molecule has 1 aromatic heterocycles. The van der Waals surface area contributed by atoms with Gasteiger partial charge in [-0.2, -0.15) is 5.26 Å². The van der Waals surface area contributed by atoms with E-state index in [9.17, 15) is 13.6 Å². The summed E-state index contributed by atoms with van der Waals surface area (Å²) in [5.41, 5.74) is 5.06. The van der Waals surface area contributed by atoms with E-state index in [0.717, 1.165) is 6.07 Å². The summed E-state index contributed by atoms with van der Waals surface area (Å²) < 4.78 is 28.3. The number of anilines is 1. The SMILES string of the molecule is N#Cc1ccc(C(=O)Nc2ccc(F)c([C@]3(CF)CCSC(N)=N3)c2)nc1. The number of amides is 1. The van der Waals surface area contributed by atoms with Gasteiger partial charge in [-0.15, -0.1) is 0 Å². The molecule has 138 valence electrons. The molecule has 0 aliphatic carbocycles. The van der Waals surface area contributed by atoms with Crippen LogP contribution in [0, 0.1) is 17.1 Å². The molecular formula is C18H15F2N5OS. The number of carbonyl (C=O) groups is 1. The van der Waals surface area contributed by atoms with E-state index in [2.05, 4.69) is 15.3 Å². The van der Waals surface area contributed by atoms with E-state index in [1.165, 1.54) is 42.2 Å². The van der Waals surface area contributed by atoms with E-state index in [0.29, 0.717) is 17.7 Å². The molecule has 0 saturated heterocycles. The van der Waals surface area contributed by atoms with Crippen molar-refractivity contribution in [3.8, 4) is 6.07 Å². The van der Waals surface area contributed by atoms with Crippen LogP contribution in [0.5, 0.6) is 0 Å². The van der Waals surface area contributed by atoms with Crippen molar-refractivity contribution < 1.29 is 13.6 Å². The summed E-state index contributed by atoms with van der Waals surface area (Å²) in [4.78, 5) is 20.4. The van der Waals surface area contributed by atoms with Gasteiger partial charge in [-0.25, -0.2) is 18.8 Å². The lowest BCUT2D eigenvalue weighted by Gasteiger charge is -2.31. The minimum Gasteiger partial charge on any atom is -0.379 e. The summed E-state index contributed by atoms with van der Waals surface area (Å²) in [6.45, 7) is -0.903. The Kier molecular flexibility index (Phi) is 5.37. The van der Waals surface area contributed by atoms with E-state index >= 15 is 0 Å². The van der Waals surface area contributed by atoms with Crippen molar-refractivity contribution in [2.45, 2.75) is 12.0 Å². The van der Waals surface area contributed by atoms with Gasteiger partial charge in [0.05, 0.1) is 5.56 Å². The van der Waals surface area contributed by atoms with Crippen LogP contribution in [0.4, 0.5) is 14.5 Å². The van der Waals surface area contributed by atoms with Crippen LogP contribution in [-0.2, 0) is 5.54 Å². The molecule has 0 saturated carbocycles. The zero-order valence-electron chi connectivity index (χ0n) is 14.1. The Balaban J connectivity index is 1.90. The standard InChI is InChI=1S/C18H15F2N5OS/c19-10-18(5-6-27-17(22)25-18)13-7-12(2-3-14(13)20)24-16(26)15-4-1-11(8-21)9-23-15/h1-4,7,9H,5-6,10H2,(H2,22,25)(H,24,26)/t18-/m1/s1. The van der Waals surface area contributed by atoms with E-state index in [4.69, 9.17) is 11.0 Å². The van der Waals surface area contributed by atoms with Crippen molar-refractivity contribution in [3.63, 3.8) is 0 Å². The fourth-order valence-corrected chi connectivity index (χ4v) is 3.62. The second kappa shape index (κ2) is 7.72. The average Bonchev–Trinajstić information content (AvgIpc) is 2.69. The van der Waals surface area contributed by atoms with Crippen LogP contribution in [0.1, 0.15) is 28.0 Å². The number of halogens is 2. The van der Waals surface area contributed by atoms with Crippen molar-refractivity contribution in [1.82, 2.24) is 4.98 Å². The van der Waals surface area contributed by atoms with Crippen LogP contribution < -0.4 is 11.1 Å². The summed E-state index contributed by atoms with van der Waals surface area (Å²) in [5, 5.41) is 11.6. The second-order valence-electron chi connectivity index (χ2n) is 5.91. The number of nitrogens with one attached hydrogen (secondary N) is 1. The highest BCUT2D eigenvalue weighted by molar-refractivity contribution is 8.13. The van der Waals surface area contributed by atoms with Crippen LogP contribution >= 0.6 is 11.8 Å². The molecule has 0 fully saturated rings. The molecule has 0 bridgehead atoms. The Hall–Kier alpha value is -2.99. The van der Waals surface area contributed by atoms with Crippen molar-refractivity contribution >= 4 is 28.5 Å². The number of amidine groups is 1. The van der Waals surface area contributed by atoms with E-state index in [-0.39, 0.29) is 22.1 Å². The Morgan fingerprint density at radius 2 is 2.22 bits per heavy atom. The molecule has 2 heterocycles. The van der Waals surface area contributed by atoms with Crippen LogP contribution in [0.15, 0.2) is 41.5 Å². The maximum Gasteiger partial charge on any atom is 0.274 e. The summed E-state index contributed by atoms with van der Waals surface area (Å²) in [6.07, 6.45) is 1.57. The van der Waals surface area contributed by atoms with Gasteiger partial charge < -0.3 is 11.1 Å². The van der Waals surface area contributed by atoms with Crippen LogP contribution in [0.3, 0.4) is 0 Å². The fourth-order valence-electron chi connectivity index (χ4n) is 2.74. The summed E-state index contributed by atoms with van der Waals surface area (Å²) in [5.74, 6) is -0.635. The highest BCUT2D eigenvalue weighted by atomic mass is 32.2. The normalized spacial score (nSPS) is 19.1. The van der Waals surface area contributed by atoms with Gasteiger partial charge in [0, 0.05) is 23.2 Å². The Bertz CT molecular complexity index is 942. The Labute approximate surface area is 158 Å². The number of thioether (sulfide) groups is 1. The van der Waals surface area contributed by atoms with Gasteiger partial charge in [-0.3, -0.25) is 4.79 Å². The first-order valence-electron chi connectivity index (χ1n) is 7.99. The molecule has 1 aliphatic heterocycles. The number of hydrogen-bond acceptors (Lipinski definition) is 6. The molecule has 1 atom stereocenters. The van der Waals surface area contributed by atoms with Crippen LogP contribution in [-0.4, -0.2) is 28.5 Å². The monoisotopic (exact) mass is 387 g/mol. The number of rotatable bonds is 4. The van der Waals surface area contributed by atoms with Gasteiger partial charge in [0.1, 0.15) is 29.8 Å². The number of pyridine rings is 1. The number of nitriles is 1. The number of benzene rings is 1. The zero-order chi connectivity index (χ0) is 19.4. The number of nitrogens with zero attached hydrogens (tertiary/aromatic N) is 3. The topological polar surface area (TPSA) is 104 Å². The van der Waals surface area contributed by atoms with Gasteiger partial charge in [0.15, 0.2) is 5.17 Å². The van der Waals surface area contributed by atoms with Crippen LogP contribution in [0.25, 0.3) is 0 Å². The van der Waals surface area contributed by atoms with Crippen LogP contribution in [0.2, 0.25) is 0 Å². The first-order chi connectivity index (χ1) is 13.0. The van der Waals surface area contributed by atoms with E-state index < -0.39 is 23.9 Å². The summed E-state index contributed by atoms with van der Waals surface area (Å²) >= 11 is 1.29. The van der Waals surface area contributed by atoms with Gasteiger partial charge in [-0.05, 0) is 36.8 Å². The number of carbonyl (C=O) groups excluding carboxylic acids is 1. The van der Waals surface area contributed by atoms with Crippen molar-refractivity contribution in [2.24, 2.45) is 10.7 Å². The molecule has 9 heteroatoms. The highest BCUT2D eigenvalue weighted by Gasteiger charge is 2.37. The number of alkyl halides is 1. The van der Waals surface area contributed by atoms with Crippen molar-refractivity contribution in [2.75, 3.05) is 17.7 Å². The number of aromatic nitrogens is 1. The second-order valence-corrected chi connectivity index (χ2v) is 7.02. The maximum atomic E-state index is 14.4. The molecular weight excluding hydrogens is 372 g/mol. The third-order valence-electron chi connectivity index (χ3n) is 4.16. The van der Waals surface area contributed by atoms with Crippen molar-refractivity contribution in [3.05, 3.63) is 59.2 Å². The molecule has 6 nitrogen and oxygen atoms in total. The van der Waals surface area contributed by atoms with E-state index in [1.54, 1.807) is 0 Å². The first kappa shape index (κ1) is 18.8. The largest absolute Gasteiger partial charge is 0.379 e. The third kappa shape index (κ3) is 3.90. The predicted molar refractivity (Wildman–Crippen MR) is 99.7 cm³/mol. The fraction of sp³-hybridized carbons (Fsp3) is 0.222. The van der Waals surface area contributed by atoms with Crippen molar-refractivity contribution in [1.29, 1.82) is 5.26 Å². The number of aliphatic imine (C=N–C) groups is 1. The summed E-state index contributed by atoms with van der Waals surface area (Å²) in [7, 11) is 0. The predicted octanol–water partition coefficient (Wildman–Crippen LogP) is 2.96. The molecule has 1 aromatic carbocycles. The molecule has 1 amide bonds. The lowest BCUT2D eigenvalue weighted by molar-refractivity contribution is 0.102. The molecule has 0 spiro atoms. The molecule has 3 N–H and O–H groups in total. The molecule has 0 radical (unpaired) electrons. The van der Waals surface area contributed by atoms with E-state index in [1.807, 2.05) is 6.07 Å². The number of nitrogens with two attached hydrogens (primary N) is 1. The highest BCUT2D eigenvalue weighted by Crippen LogP contribution is 2.38. The smallest absolute Gasteiger partial charge is 0.274 e. The van der Waals surface area contributed by atoms with Gasteiger partial charge in [0.25, 0.3) is 5.91 Å².